The van der Waals surface area contributed by atoms with Gasteiger partial charge in [-0.2, -0.15) is 5.10 Å². The molecular formula is C30H29N3. The monoisotopic (exact) mass is 431 g/mol. The van der Waals surface area contributed by atoms with Crippen molar-refractivity contribution in [1.29, 1.82) is 0 Å². The summed E-state index contributed by atoms with van der Waals surface area (Å²) in [7, 11) is 0. The highest BCUT2D eigenvalue weighted by Gasteiger charge is 2.28. The van der Waals surface area contributed by atoms with Gasteiger partial charge < -0.3 is 0 Å². The topological polar surface area (TPSA) is 27.6 Å². The van der Waals surface area contributed by atoms with E-state index in [1.165, 1.54) is 22.3 Å². The van der Waals surface area contributed by atoms with Gasteiger partial charge in [-0.15, -0.1) is 0 Å². The number of nitrogens with zero attached hydrogens (tertiary/aromatic N) is 2. The van der Waals surface area contributed by atoms with Crippen LogP contribution >= 0.6 is 0 Å². The zero-order chi connectivity index (χ0) is 22.8. The Hall–Kier alpha value is -3.85. The quantitative estimate of drug-likeness (QED) is 0.483. The molecule has 164 valence electrons. The van der Waals surface area contributed by atoms with Gasteiger partial charge in [0.25, 0.3) is 0 Å². The second-order valence-electron chi connectivity index (χ2n) is 9.48. The van der Waals surface area contributed by atoms with E-state index in [2.05, 4.69) is 128 Å². The van der Waals surface area contributed by atoms with Crippen molar-refractivity contribution in [2.75, 3.05) is 4.90 Å². The Balaban J connectivity index is 1.50. The summed E-state index contributed by atoms with van der Waals surface area (Å²) in [4.78, 5) is 2.23. The molecule has 1 heterocycles. The van der Waals surface area contributed by atoms with Gasteiger partial charge >= 0.3 is 0 Å². The number of para-hydroxylation sites is 1. The molecule has 2 aliphatic rings. The third-order valence-corrected chi connectivity index (χ3v) is 6.14. The highest BCUT2D eigenvalue weighted by molar-refractivity contribution is 6.13. The normalized spacial score (nSPS) is 18.1. The maximum absolute atomic E-state index is 4.77. The maximum atomic E-state index is 4.77. The van der Waals surface area contributed by atoms with Crippen molar-refractivity contribution >= 4 is 17.1 Å². The molecule has 0 atom stereocenters. The highest BCUT2D eigenvalue weighted by atomic mass is 15.5. The predicted molar refractivity (Wildman–Crippen MR) is 139 cm³/mol. The van der Waals surface area contributed by atoms with E-state index in [1.54, 1.807) is 0 Å². The van der Waals surface area contributed by atoms with E-state index in [4.69, 9.17) is 5.10 Å². The van der Waals surface area contributed by atoms with Crippen LogP contribution in [-0.2, 0) is 5.41 Å². The van der Waals surface area contributed by atoms with Crippen LogP contribution < -0.4 is 10.3 Å². The van der Waals surface area contributed by atoms with Crippen LogP contribution in [0.5, 0.6) is 0 Å². The molecule has 0 saturated carbocycles. The van der Waals surface area contributed by atoms with Crippen LogP contribution in [0.2, 0.25) is 0 Å². The summed E-state index contributed by atoms with van der Waals surface area (Å²) in [5.74, 6) is 1.92. The molecule has 3 heteroatoms. The Morgan fingerprint density at radius 3 is 2.03 bits per heavy atom. The summed E-state index contributed by atoms with van der Waals surface area (Å²) in [6, 6.07) is 29.7. The number of hydrogen-bond donors (Lipinski definition) is 1. The van der Waals surface area contributed by atoms with Crippen molar-refractivity contribution in [1.82, 2.24) is 5.43 Å². The molecule has 1 aliphatic carbocycles. The van der Waals surface area contributed by atoms with Crippen LogP contribution in [0.3, 0.4) is 0 Å². The molecule has 0 unspecified atom stereocenters. The van der Waals surface area contributed by atoms with Crippen molar-refractivity contribution in [3.63, 3.8) is 0 Å². The lowest BCUT2D eigenvalue weighted by molar-refractivity contribution is 0.590. The van der Waals surface area contributed by atoms with Crippen molar-refractivity contribution in [2.45, 2.75) is 32.6 Å². The lowest BCUT2D eigenvalue weighted by Gasteiger charge is -2.24. The van der Waals surface area contributed by atoms with Gasteiger partial charge in [-0.05, 0) is 46.2 Å². The van der Waals surface area contributed by atoms with E-state index < -0.39 is 0 Å². The smallest absolute Gasteiger partial charge is 0.166 e. The Morgan fingerprint density at radius 2 is 1.42 bits per heavy atom. The highest BCUT2D eigenvalue weighted by Crippen LogP contribution is 2.32. The van der Waals surface area contributed by atoms with E-state index in [0.29, 0.717) is 0 Å². The molecule has 0 bridgehead atoms. The first kappa shape index (κ1) is 21.0. The summed E-state index contributed by atoms with van der Waals surface area (Å²) in [5.41, 5.74) is 10.7. The van der Waals surface area contributed by atoms with Crippen LogP contribution in [0, 0.1) is 0 Å². The third kappa shape index (κ3) is 4.27. The van der Waals surface area contributed by atoms with Gasteiger partial charge in [0.1, 0.15) is 5.82 Å². The number of amidine groups is 1. The van der Waals surface area contributed by atoms with E-state index in [1.807, 2.05) is 6.07 Å². The SMILES string of the molecule is CC(C)(C)c1ccc(C2=NNC(=C3C=CC(c4ccccc4)=CC3)N2c2ccccc2)cc1. The van der Waals surface area contributed by atoms with E-state index in [0.717, 1.165) is 29.3 Å². The zero-order valence-electron chi connectivity index (χ0n) is 19.4. The second-order valence-corrected chi connectivity index (χ2v) is 9.48. The lowest BCUT2D eigenvalue weighted by Crippen LogP contribution is -2.29. The average Bonchev–Trinajstić information content (AvgIpc) is 3.30. The number of hydrogen-bond acceptors (Lipinski definition) is 3. The molecular weight excluding hydrogens is 402 g/mol. The molecule has 0 spiro atoms. The molecule has 3 aromatic carbocycles. The maximum Gasteiger partial charge on any atom is 0.166 e. The fourth-order valence-electron chi connectivity index (χ4n) is 4.24. The number of nitrogens with one attached hydrogen (secondary N) is 1. The summed E-state index contributed by atoms with van der Waals surface area (Å²) in [6.07, 6.45) is 7.54. The summed E-state index contributed by atoms with van der Waals surface area (Å²) < 4.78 is 0. The van der Waals surface area contributed by atoms with Crippen LogP contribution in [-0.4, -0.2) is 5.84 Å². The van der Waals surface area contributed by atoms with Crippen molar-refractivity contribution in [3.8, 4) is 0 Å². The van der Waals surface area contributed by atoms with E-state index >= 15 is 0 Å². The second kappa shape index (κ2) is 8.59. The minimum absolute atomic E-state index is 0.121. The Bertz CT molecular complexity index is 1260. The molecule has 5 rings (SSSR count). The van der Waals surface area contributed by atoms with Crippen LogP contribution in [0.25, 0.3) is 5.57 Å². The molecule has 0 amide bonds. The van der Waals surface area contributed by atoms with Crippen LogP contribution in [0.4, 0.5) is 5.69 Å². The predicted octanol–water partition coefficient (Wildman–Crippen LogP) is 7.01. The van der Waals surface area contributed by atoms with Gasteiger partial charge in [-0.3, -0.25) is 10.3 Å². The molecule has 1 N–H and O–H groups in total. The summed E-state index contributed by atoms with van der Waals surface area (Å²) in [6.45, 7) is 6.71. The largest absolute Gasteiger partial charge is 0.277 e. The molecule has 0 fully saturated rings. The number of anilines is 1. The molecule has 0 saturated heterocycles. The molecule has 1 aliphatic heterocycles. The molecule has 0 aromatic heterocycles. The average molecular weight is 432 g/mol. The summed E-state index contributed by atoms with van der Waals surface area (Å²) >= 11 is 0. The van der Waals surface area contributed by atoms with Gasteiger partial charge in [-0.1, -0.05) is 112 Å². The fourth-order valence-corrected chi connectivity index (χ4v) is 4.24. The first-order valence-corrected chi connectivity index (χ1v) is 11.5. The van der Waals surface area contributed by atoms with Crippen LogP contribution in [0.15, 0.2) is 120 Å². The van der Waals surface area contributed by atoms with Crippen molar-refractivity contribution in [3.05, 3.63) is 131 Å². The molecule has 3 nitrogen and oxygen atoms in total. The molecule has 0 radical (unpaired) electrons. The third-order valence-electron chi connectivity index (χ3n) is 6.14. The first-order valence-electron chi connectivity index (χ1n) is 11.5. The standard InChI is InChI=1S/C30H29N3/c1-30(2,3)26-20-18-25(19-21-26)29-32-31-28(33(29)27-12-8-5-9-13-27)24-16-14-23(15-17-24)22-10-6-4-7-11-22/h4-16,18-21,31H,17H2,1-3H3. The van der Waals surface area contributed by atoms with E-state index in [-0.39, 0.29) is 5.41 Å². The number of hydrazone groups is 1. The van der Waals surface area contributed by atoms with Gasteiger partial charge in [0.15, 0.2) is 5.84 Å². The van der Waals surface area contributed by atoms with Gasteiger partial charge in [-0.25, -0.2) is 0 Å². The van der Waals surface area contributed by atoms with Gasteiger partial charge in [0, 0.05) is 11.3 Å². The van der Waals surface area contributed by atoms with Gasteiger partial charge in [0.05, 0.1) is 0 Å². The summed E-state index contributed by atoms with van der Waals surface area (Å²) in [5, 5.41) is 4.77. The van der Waals surface area contributed by atoms with E-state index in [9.17, 15) is 0 Å². The lowest BCUT2D eigenvalue weighted by atomic mass is 9.86. The van der Waals surface area contributed by atoms with Gasteiger partial charge in [0.2, 0.25) is 0 Å². The Kier molecular flexibility index (Phi) is 5.47. The number of benzene rings is 3. The molecule has 3 aromatic rings. The zero-order valence-corrected chi connectivity index (χ0v) is 19.4. The number of allylic oxidation sites excluding steroid dienone is 5. The van der Waals surface area contributed by atoms with Crippen molar-refractivity contribution < 1.29 is 0 Å². The van der Waals surface area contributed by atoms with Crippen LogP contribution in [0.1, 0.15) is 43.9 Å². The first-order chi connectivity index (χ1) is 16.0. The molecule has 33 heavy (non-hydrogen) atoms. The minimum Gasteiger partial charge on any atom is -0.277 e. The Labute approximate surface area is 196 Å². The Morgan fingerprint density at radius 1 is 0.758 bits per heavy atom. The van der Waals surface area contributed by atoms with Crippen molar-refractivity contribution in [2.24, 2.45) is 5.10 Å². The number of rotatable bonds is 3. The minimum atomic E-state index is 0.121. The fraction of sp³-hybridized carbons (Fsp3) is 0.167.